The van der Waals surface area contributed by atoms with Crippen LogP contribution in [0.4, 0.5) is 0 Å². The Morgan fingerprint density at radius 2 is 1.85 bits per heavy atom. The van der Waals surface area contributed by atoms with E-state index in [1.807, 2.05) is 0 Å². The van der Waals surface area contributed by atoms with Gasteiger partial charge in [0.1, 0.15) is 18.5 Å². The molecule has 3 rings (SSSR count). The number of ether oxygens (including phenoxy) is 1. The zero-order valence-corrected chi connectivity index (χ0v) is 15.3. The van der Waals surface area contributed by atoms with Gasteiger partial charge in [-0.15, -0.1) is 10.1 Å². The number of hydrogen-bond acceptors (Lipinski definition) is 7. The van der Waals surface area contributed by atoms with Crippen LogP contribution in [0.5, 0.6) is 5.75 Å². The quantitative estimate of drug-likeness (QED) is 0.386. The number of carbonyl (C=O) groups excluding carboxylic acids is 2. The van der Waals surface area contributed by atoms with E-state index in [9.17, 15) is 19.7 Å². The molecule has 9 nitrogen and oxygen atoms in total. The summed E-state index contributed by atoms with van der Waals surface area (Å²) < 4.78 is 5.75. The zero-order chi connectivity index (χ0) is 19.4. The van der Waals surface area contributed by atoms with Crippen molar-refractivity contribution in [1.29, 1.82) is 0 Å². The minimum Gasteiger partial charge on any atom is -0.492 e. The van der Waals surface area contributed by atoms with Crippen LogP contribution in [0.1, 0.15) is 46.9 Å². The molecule has 0 aromatic heterocycles. The molecule has 0 spiro atoms. The van der Waals surface area contributed by atoms with Gasteiger partial charge in [-0.25, -0.2) is 0 Å². The summed E-state index contributed by atoms with van der Waals surface area (Å²) >= 11 is 0. The number of fused-ring (bicyclic) bond motifs is 1. The van der Waals surface area contributed by atoms with E-state index in [0.717, 1.165) is 24.5 Å². The average Bonchev–Trinajstić information content (AvgIpc) is 2.87. The molecule has 2 aliphatic heterocycles. The topological polar surface area (TPSA) is 102 Å². The van der Waals surface area contributed by atoms with Crippen molar-refractivity contribution in [2.45, 2.75) is 32.3 Å². The predicted octanol–water partition coefficient (Wildman–Crippen LogP) is 1.74. The third-order valence-corrected chi connectivity index (χ3v) is 4.77. The van der Waals surface area contributed by atoms with Crippen molar-refractivity contribution in [1.82, 2.24) is 9.80 Å². The molecule has 0 N–H and O–H groups in total. The first-order valence-corrected chi connectivity index (χ1v) is 9.12. The lowest BCUT2D eigenvalue weighted by atomic mass is 10.1. The number of carbonyl (C=O) groups is 2. The molecule has 146 valence electrons. The number of imide groups is 1. The molecule has 0 saturated carbocycles. The van der Waals surface area contributed by atoms with E-state index in [1.54, 1.807) is 18.2 Å². The monoisotopic (exact) mass is 377 g/mol. The molecule has 1 aromatic rings. The smallest absolute Gasteiger partial charge is 0.294 e. The van der Waals surface area contributed by atoms with Crippen molar-refractivity contribution < 1.29 is 24.3 Å². The van der Waals surface area contributed by atoms with E-state index >= 15 is 0 Å². The predicted molar refractivity (Wildman–Crippen MR) is 95.1 cm³/mol. The van der Waals surface area contributed by atoms with Gasteiger partial charge in [0.2, 0.25) is 0 Å². The maximum Gasteiger partial charge on any atom is 0.294 e. The standard InChI is InChI=1S/C18H23N3O6/c1-13(27-21(24)25)12-20-17(22)15-6-5-14(11-16(15)18(20)23)26-10-9-19-7-3-2-4-8-19/h5-6,11,13H,2-4,7-10,12H2,1H3. The highest BCUT2D eigenvalue weighted by Gasteiger charge is 2.37. The van der Waals surface area contributed by atoms with Crippen molar-refractivity contribution in [2.75, 3.05) is 32.8 Å². The normalized spacial score (nSPS) is 18.3. The minimum absolute atomic E-state index is 0.182. The first-order valence-electron chi connectivity index (χ1n) is 9.12. The molecule has 1 aromatic carbocycles. The number of rotatable bonds is 8. The van der Waals surface area contributed by atoms with E-state index in [4.69, 9.17) is 4.74 Å². The molecule has 2 heterocycles. The number of amides is 2. The summed E-state index contributed by atoms with van der Waals surface area (Å²) in [5.41, 5.74) is 0.528. The van der Waals surface area contributed by atoms with Crippen LogP contribution in [0.25, 0.3) is 0 Å². The molecule has 27 heavy (non-hydrogen) atoms. The van der Waals surface area contributed by atoms with Crippen LogP contribution in [-0.4, -0.2) is 65.6 Å². The Bertz CT molecular complexity index is 732. The Morgan fingerprint density at radius 1 is 1.15 bits per heavy atom. The Balaban J connectivity index is 1.60. The SMILES string of the molecule is CC(CN1C(=O)c2ccc(OCCN3CCCCC3)cc2C1=O)O[N+](=O)[O-]. The van der Waals surface area contributed by atoms with Crippen LogP contribution in [0.2, 0.25) is 0 Å². The van der Waals surface area contributed by atoms with Crippen molar-refractivity contribution in [3.05, 3.63) is 39.4 Å². The van der Waals surface area contributed by atoms with E-state index in [1.165, 1.54) is 26.2 Å². The van der Waals surface area contributed by atoms with Crippen molar-refractivity contribution in [3.63, 3.8) is 0 Å². The zero-order valence-electron chi connectivity index (χ0n) is 15.3. The lowest BCUT2D eigenvalue weighted by molar-refractivity contribution is -0.767. The maximum atomic E-state index is 12.5. The molecular formula is C18H23N3O6. The molecule has 2 amide bonds. The summed E-state index contributed by atoms with van der Waals surface area (Å²) in [4.78, 5) is 43.0. The van der Waals surface area contributed by atoms with Gasteiger partial charge in [0.15, 0.2) is 0 Å². The maximum absolute atomic E-state index is 12.5. The summed E-state index contributed by atoms with van der Waals surface area (Å²) in [6, 6.07) is 4.79. The molecule has 1 atom stereocenters. The first-order chi connectivity index (χ1) is 13.0. The van der Waals surface area contributed by atoms with Crippen molar-refractivity contribution >= 4 is 11.8 Å². The van der Waals surface area contributed by atoms with Gasteiger partial charge in [-0.1, -0.05) is 6.42 Å². The summed E-state index contributed by atoms with van der Waals surface area (Å²) in [5.74, 6) is -0.438. The fourth-order valence-electron chi connectivity index (χ4n) is 3.44. The third kappa shape index (κ3) is 4.54. The third-order valence-electron chi connectivity index (χ3n) is 4.77. The molecular weight excluding hydrogens is 354 g/mol. The Morgan fingerprint density at radius 3 is 2.56 bits per heavy atom. The van der Waals surface area contributed by atoms with Gasteiger partial charge in [0, 0.05) is 6.54 Å². The van der Waals surface area contributed by atoms with Gasteiger partial charge in [-0.2, -0.15) is 0 Å². The highest BCUT2D eigenvalue weighted by molar-refractivity contribution is 6.21. The number of nitrogens with zero attached hydrogens (tertiary/aromatic N) is 3. The lowest BCUT2D eigenvalue weighted by Gasteiger charge is -2.26. The first kappa shape index (κ1) is 19.1. The molecule has 1 unspecified atom stereocenters. The second kappa shape index (κ2) is 8.34. The molecule has 2 aliphatic rings. The van der Waals surface area contributed by atoms with Gasteiger partial charge in [-0.05, 0) is 51.1 Å². The number of piperidine rings is 1. The molecule has 0 bridgehead atoms. The van der Waals surface area contributed by atoms with Crippen LogP contribution in [0.3, 0.4) is 0 Å². The van der Waals surface area contributed by atoms with Gasteiger partial charge in [0.25, 0.3) is 16.9 Å². The Hall–Kier alpha value is -2.68. The van der Waals surface area contributed by atoms with Crippen LogP contribution in [0, 0.1) is 10.1 Å². The highest BCUT2D eigenvalue weighted by atomic mass is 17.0. The lowest BCUT2D eigenvalue weighted by Crippen LogP contribution is -2.37. The summed E-state index contributed by atoms with van der Waals surface area (Å²) in [6.45, 7) is 4.75. The van der Waals surface area contributed by atoms with Crippen molar-refractivity contribution in [3.8, 4) is 5.75 Å². The van der Waals surface area contributed by atoms with Crippen LogP contribution in [-0.2, 0) is 4.84 Å². The number of hydrogen-bond donors (Lipinski definition) is 0. The fourth-order valence-corrected chi connectivity index (χ4v) is 3.44. The van der Waals surface area contributed by atoms with E-state index in [0.29, 0.717) is 12.4 Å². The van der Waals surface area contributed by atoms with Gasteiger partial charge in [-0.3, -0.25) is 19.4 Å². The average molecular weight is 377 g/mol. The molecule has 0 aliphatic carbocycles. The molecule has 1 fully saturated rings. The molecule has 1 saturated heterocycles. The Labute approximate surface area is 156 Å². The van der Waals surface area contributed by atoms with Crippen LogP contribution < -0.4 is 4.74 Å². The summed E-state index contributed by atoms with van der Waals surface area (Å²) in [6.07, 6.45) is 2.80. The van der Waals surface area contributed by atoms with Gasteiger partial charge in [0.05, 0.1) is 17.7 Å². The van der Waals surface area contributed by atoms with Crippen LogP contribution in [0.15, 0.2) is 18.2 Å². The minimum atomic E-state index is -0.933. The van der Waals surface area contributed by atoms with Crippen LogP contribution >= 0.6 is 0 Å². The second-order valence-electron chi connectivity index (χ2n) is 6.82. The second-order valence-corrected chi connectivity index (χ2v) is 6.82. The fraction of sp³-hybridized carbons (Fsp3) is 0.556. The summed E-state index contributed by atoms with van der Waals surface area (Å²) in [5, 5.41) is 9.47. The largest absolute Gasteiger partial charge is 0.492 e. The van der Waals surface area contributed by atoms with Crippen molar-refractivity contribution in [2.24, 2.45) is 0 Å². The number of benzene rings is 1. The highest BCUT2D eigenvalue weighted by Crippen LogP contribution is 2.27. The van der Waals surface area contributed by atoms with E-state index < -0.39 is 23.0 Å². The van der Waals surface area contributed by atoms with E-state index in [-0.39, 0.29) is 17.7 Å². The van der Waals surface area contributed by atoms with Gasteiger partial charge < -0.3 is 9.57 Å². The number of likely N-dealkylation sites (tertiary alicyclic amines) is 1. The van der Waals surface area contributed by atoms with E-state index in [2.05, 4.69) is 9.74 Å². The van der Waals surface area contributed by atoms with Gasteiger partial charge >= 0.3 is 0 Å². The molecule has 9 heteroatoms. The molecule has 0 radical (unpaired) electrons. The Kier molecular flexibility index (Phi) is 5.90. The summed E-state index contributed by atoms with van der Waals surface area (Å²) in [7, 11) is 0.